The van der Waals surface area contributed by atoms with E-state index in [4.69, 9.17) is 20.8 Å². The molecule has 1 N–H and O–H groups in total. The minimum absolute atomic E-state index is 0.0642. The first-order valence-electron chi connectivity index (χ1n) is 7.70. The lowest BCUT2D eigenvalue weighted by atomic mass is 10.1. The quantitative estimate of drug-likeness (QED) is 0.733. The van der Waals surface area contributed by atoms with Crippen molar-refractivity contribution < 1.29 is 13.9 Å². The van der Waals surface area contributed by atoms with Crippen LogP contribution in [-0.2, 0) is 4.79 Å². The predicted molar refractivity (Wildman–Crippen MR) is 94.5 cm³/mol. The van der Waals surface area contributed by atoms with E-state index in [0.29, 0.717) is 10.8 Å². The van der Waals surface area contributed by atoms with Crippen molar-refractivity contribution in [1.82, 2.24) is 5.32 Å². The Bertz CT molecular complexity index is 855. The molecule has 1 aromatic heterocycles. The molecular formula is C19H18ClNO3. The zero-order valence-corrected chi connectivity index (χ0v) is 14.3. The fraction of sp³-hybridized carbons (Fsp3) is 0.211. The Balaban J connectivity index is 1.62. The van der Waals surface area contributed by atoms with E-state index >= 15 is 0 Å². The van der Waals surface area contributed by atoms with Gasteiger partial charge < -0.3 is 14.5 Å². The fourth-order valence-corrected chi connectivity index (χ4v) is 2.76. The van der Waals surface area contributed by atoms with Gasteiger partial charge in [0.25, 0.3) is 5.91 Å². The first kappa shape index (κ1) is 16.4. The second-order valence-electron chi connectivity index (χ2n) is 5.62. The van der Waals surface area contributed by atoms with Crippen LogP contribution in [0.4, 0.5) is 0 Å². The van der Waals surface area contributed by atoms with Crippen molar-refractivity contribution in [2.45, 2.75) is 19.9 Å². The Labute approximate surface area is 145 Å². The van der Waals surface area contributed by atoms with Crippen molar-refractivity contribution in [3.05, 3.63) is 64.9 Å². The van der Waals surface area contributed by atoms with Gasteiger partial charge in [0.1, 0.15) is 17.1 Å². The molecular weight excluding hydrogens is 326 g/mol. The van der Waals surface area contributed by atoms with Gasteiger partial charge in [-0.3, -0.25) is 4.79 Å². The predicted octanol–water partition coefficient (Wildman–Crippen LogP) is 4.65. The summed E-state index contributed by atoms with van der Waals surface area (Å²) in [5.41, 5.74) is 1.86. The number of carbonyl (C=O) groups excluding carboxylic acids is 1. The van der Waals surface area contributed by atoms with Crippen LogP contribution in [0.5, 0.6) is 5.75 Å². The third-order valence-electron chi connectivity index (χ3n) is 3.83. The van der Waals surface area contributed by atoms with Crippen LogP contribution in [0.3, 0.4) is 0 Å². The molecule has 0 aliphatic rings. The summed E-state index contributed by atoms with van der Waals surface area (Å²) < 4.78 is 11.3. The molecule has 4 nitrogen and oxygen atoms in total. The molecule has 0 bridgehead atoms. The van der Waals surface area contributed by atoms with E-state index < -0.39 is 0 Å². The smallest absolute Gasteiger partial charge is 0.258 e. The van der Waals surface area contributed by atoms with Crippen LogP contribution < -0.4 is 10.1 Å². The molecule has 0 fully saturated rings. The molecule has 0 saturated carbocycles. The second-order valence-corrected chi connectivity index (χ2v) is 6.06. The first-order valence-corrected chi connectivity index (χ1v) is 8.08. The summed E-state index contributed by atoms with van der Waals surface area (Å²) >= 11 is 5.81. The normalized spacial score (nSPS) is 12.1. The second kappa shape index (κ2) is 6.97. The Morgan fingerprint density at radius 1 is 1.21 bits per heavy atom. The largest absolute Gasteiger partial charge is 0.484 e. The van der Waals surface area contributed by atoms with Gasteiger partial charge in [-0.1, -0.05) is 29.8 Å². The fourth-order valence-electron chi connectivity index (χ4n) is 2.63. The van der Waals surface area contributed by atoms with Gasteiger partial charge in [0.15, 0.2) is 6.61 Å². The molecule has 0 aliphatic carbocycles. The lowest BCUT2D eigenvalue weighted by Crippen LogP contribution is -2.31. The third kappa shape index (κ3) is 3.54. The van der Waals surface area contributed by atoms with Gasteiger partial charge in [0, 0.05) is 16.0 Å². The number of hydrogen-bond acceptors (Lipinski definition) is 3. The molecule has 0 saturated heterocycles. The van der Waals surface area contributed by atoms with E-state index in [9.17, 15) is 4.79 Å². The van der Waals surface area contributed by atoms with Crippen LogP contribution in [0.25, 0.3) is 11.0 Å². The van der Waals surface area contributed by atoms with E-state index in [0.717, 1.165) is 22.3 Å². The van der Waals surface area contributed by atoms with E-state index in [1.54, 1.807) is 24.3 Å². The Morgan fingerprint density at radius 3 is 2.62 bits per heavy atom. The van der Waals surface area contributed by atoms with E-state index in [1.165, 1.54) is 0 Å². The highest BCUT2D eigenvalue weighted by molar-refractivity contribution is 6.30. The molecule has 0 spiro atoms. The number of halogens is 1. The number of aryl methyl sites for hydroxylation is 1. The van der Waals surface area contributed by atoms with Crippen LogP contribution >= 0.6 is 11.6 Å². The van der Waals surface area contributed by atoms with E-state index in [2.05, 4.69) is 5.32 Å². The molecule has 3 aromatic rings. The number of rotatable bonds is 5. The molecule has 2 aromatic carbocycles. The Kier molecular flexibility index (Phi) is 4.76. The lowest BCUT2D eigenvalue weighted by Gasteiger charge is -2.13. The number of hydrogen-bond donors (Lipinski definition) is 1. The van der Waals surface area contributed by atoms with E-state index in [1.807, 2.05) is 38.1 Å². The summed E-state index contributed by atoms with van der Waals surface area (Å²) in [5.74, 6) is 1.15. The molecule has 1 amide bonds. The monoisotopic (exact) mass is 343 g/mol. The summed E-state index contributed by atoms with van der Waals surface area (Å²) in [6.45, 7) is 3.82. The van der Waals surface area contributed by atoms with Gasteiger partial charge in [-0.25, -0.2) is 0 Å². The number of furan rings is 1. The highest BCUT2D eigenvalue weighted by Crippen LogP contribution is 2.29. The zero-order valence-electron chi connectivity index (χ0n) is 13.5. The summed E-state index contributed by atoms with van der Waals surface area (Å²) in [5, 5.41) is 4.58. The SMILES string of the molecule is Cc1c(C(C)NC(=O)COc2ccc(Cl)cc2)oc2ccccc12. The standard InChI is InChI=1S/C19H18ClNO3/c1-12-16-5-3-4-6-17(16)24-19(12)13(2)21-18(22)11-23-15-9-7-14(20)8-10-15/h3-10,13H,11H2,1-2H3,(H,21,22). The van der Waals surface area contributed by atoms with Crippen LogP contribution in [0.15, 0.2) is 52.9 Å². The van der Waals surface area contributed by atoms with Crippen molar-refractivity contribution in [3.8, 4) is 5.75 Å². The minimum atomic E-state index is -0.237. The average molecular weight is 344 g/mol. The zero-order chi connectivity index (χ0) is 17.1. The maximum Gasteiger partial charge on any atom is 0.258 e. The van der Waals surface area contributed by atoms with Gasteiger partial charge in [-0.15, -0.1) is 0 Å². The molecule has 3 rings (SSSR count). The molecule has 0 aliphatic heterocycles. The summed E-state index contributed by atoms with van der Waals surface area (Å²) in [7, 11) is 0. The van der Waals surface area contributed by atoms with Crippen molar-refractivity contribution in [3.63, 3.8) is 0 Å². The van der Waals surface area contributed by atoms with Gasteiger partial charge in [-0.2, -0.15) is 0 Å². The van der Waals surface area contributed by atoms with Crippen LogP contribution in [0, 0.1) is 6.92 Å². The summed E-state index contributed by atoms with van der Waals surface area (Å²) in [6.07, 6.45) is 0. The molecule has 1 atom stereocenters. The number of para-hydroxylation sites is 1. The highest BCUT2D eigenvalue weighted by atomic mass is 35.5. The molecule has 1 unspecified atom stereocenters. The Hall–Kier alpha value is -2.46. The number of ether oxygens (including phenoxy) is 1. The topological polar surface area (TPSA) is 51.5 Å². The van der Waals surface area contributed by atoms with Crippen molar-refractivity contribution in [2.24, 2.45) is 0 Å². The maximum absolute atomic E-state index is 12.1. The van der Waals surface area contributed by atoms with Crippen LogP contribution in [0.2, 0.25) is 5.02 Å². The van der Waals surface area contributed by atoms with Gasteiger partial charge in [0.2, 0.25) is 0 Å². The molecule has 0 radical (unpaired) electrons. The highest BCUT2D eigenvalue weighted by Gasteiger charge is 2.18. The number of amides is 1. The molecule has 5 heteroatoms. The van der Waals surface area contributed by atoms with Crippen LogP contribution in [-0.4, -0.2) is 12.5 Å². The van der Waals surface area contributed by atoms with Crippen LogP contribution in [0.1, 0.15) is 24.3 Å². The van der Waals surface area contributed by atoms with Gasteiger partial charge >= 0.3 is 0 Å². The van der Waals surface area contributed by atoms with Crippen molar-refractivity contribution >= 4 is 28.5 Å². The van der Waals surface area contributed by atoms with E-state index in [-0.39, 0.29) is 18.6 Å². The summed E-state index contributed by atoms with van der Waals surface area (Å²) in [4.78, 5) is 12.1. The van der Waals surface area contributed by atoms with Gasteiger partial charge in [0.05, 0.1) is 6.04 Å². The third-order valence-corrected chi connectivity index (χ3v) is 4.09. The van der Waals surface area contributed by atoms with Crippen molar-refractivity contribution in [2.75, 3.05) is 6.61 Å². The van der Waals surface area contributed by atoms with Gasteiger partial charge in [-0.05, 0) is 44.2 Å². The first-order chi connectivity index (χ1) is 11.5. The molecule has 24 heavy (non-hydrogen) atoms. The average Bonchev–Trinajstić information content (AvgIpc) is 2.92. The lowest BCUT2D eigenvalue weighted by molar-refractivity contribution is -0.123. The number of benzene rings is 2. The summed E-state index contributed by atoms with van der Waals surface area (Å²) in [6, 6.07) is 14.5. The maximum atomic E-state index is 12.1. The minimum Gasteiger partial charge on any atom is -0.484 e. The molecule has 1 heterocycles. The Morgan fingerprint density at radius 2 is 1.92 bits per heavy atom. The number of nitrogens with one attached hydrogen (secondary N) is 1. The number of carbonyl (C=O) groups is 1. The number of fused-ring (bicyclic) bond motifs is 1. The molecule has 124 valence electrons. The van der Waals surface area contributed by atoms with Crippen molar-refractivity contribution in [1.29, 1.82) is 0 Å².